The number of anilines is 1. The molecule has 0 saturated heterocycles. The van der Waals surface area contributed by atoms with Crippen molar-refractivity contribution in [2.75, 3.05) is 11.1 Å². The number of sulfone groups is 1. The first kappa shape index (κ1) is 15.2. The van der Waals surface area contributed by atoms with Crippen LogP contribution in [0.1, 0.15) is 17.0 Å². The summed E-state index contributed by atoms with van der Waals surface area (Å²) in [5.74, 6) is -0.937. The zero-order valence-electron chi connectivity index (χ0n) is 11.8. The van der Waals surface area contributed by atoms with Crippen molar-refractivity contribution in [3.63, 3.8) is 0 Å². The molecule has 0 unspecified atom stereocenters. The van der Waals surface area contributed by atoms with E-state index in [1.807, 2.05) is 19.1 Å². The topological polar surface area (TPSA) is 89.3 Å². The predicted molar refractivity (Wildman–Crippen MR) is 78.5 cm³/mol. The summed E-state index contributed by atoms with van der Waals surface area (Å²) < 4.78 is 28.7. The average molecular weight is 308 g/mol. The first-order valence-electron chi connectivity index (χ1n) is 6.34. The summed E-state index contributed by atoms with van der Waals surface area (Å²) in [6.07, 6.45) is 0. The van der Waals surface area contributed by atoms with Crippen LogP contribution in [-0.2, 0) is 20.4 Å². The van der Waals surface area contributed by atoms with E-state index in [4.69, 9.17) is 4.52 Å². The number of carbonyl (C=O) groups is 1. The monoisotopic (exact) mass is 308 g/mol. The van der Waals surface area contributed by atoms with Crippen LogP contribution in [0.2, 0.25) is 0 Å². The second-order valence-electron chi connectivity index (χ2n) is 4.82. The van der Waals surface area contributed by atoms with Crippen molar-refractivity contribution >= 4 is 21.4 Å². The molecule has 6 nitrogen and oxygen atoms in total. The molecule has 0 atom stereocenters. The molecule has 112 valence electrons. The van der Waals surface area contributed by atoms with Crippen LogP contribution in [0, 0.1) is 13.8 Å². The van der Waals surface area contributed by atoms with Gasteiger partial charge < -0.3 is 9.84 Å². The fraction of sp³-hybridized carbons (Fsp3) is 0.286. The number of carbonyl (C=O) groups excluding carboxylic acids is 1. The summed E-state index contributed by atoms with van der Waals surface area (Å²) in [6, 6.07) is 8.71. The van der Waals surface area contributed by atoms with Gasteiger partial charge in [-0.1, -0.05) is 23.4 Å². The van der Waals surface area contributed by atoms with E-state index >= 15 is 0 Å². The van der Waals surface area contributed by atoms with Gasteiger partial charge in [0.15, 0.2) is 9.84 Å². The Bertz CT molecular complexity index is 750. The molecule has 2 aromatic rings. The van der Waals surface area contributed by atoms with E-state index in [2.05, 4.69) is 10.5 Å². The lowest BCUT2D eigenvalue weighted by molar-refractivity contribution is -0.113. The summed E-state index contributed by atoms with van der Waals surface area (Å²) in [6.45, 7) is 3.51. The summed E-state index contributed by atoms with van der Waals surface area (Å²) >= 11 is 0. The van der Waals surface area contributed by atoms with Gasteiger partial charge in [-0.25, -0.2) is 8.42 Å². The van der Waals surface area contributed by atoms with Crippen molar-refractivity contribution in [2.45, 2.75) is 19.6 Å². The molecule has 1 aromatic carbocycles. The molecule has 0 bridgehead atoms. The van der Waals surface area contributed by atoms with E-state index in [1.165, 1.54) is 6.07 Å². The second-order valence-corrected chi connectivity index (χ2v) is 6.89. The maximum Gasteiger partial charge on any atom is 0.239 e. The molecule has 0 aliphatic rings. The van der Waals surface area contributed by atoms with E-state index in [-0.39, 0.29) is 5.75 Å². The largest absolute Gasteiger partial charge is 0.361 e. The van der Waals surface area contributed by atoms with Crippen molar-refractivity contribution in [1.29, 1.82) is 0 Å². The highest BCUT2D eigenvalue weighted by atomic mass is 32.2. The Kier molecular flexibility index (Phi) is 4.42. The quantitative estimate of drug-likeness (QED) is 0.910. The number of aryl methyl sites for hydroxylation is 2. The lowest BCUT2D eigenvalue weighted by atomic mass is 10.2. The van der Waals surface area contributed by atoms with Gasteiger partial charge in [0.25, 0.3) is 0 Å². The predicted octanol–water partition coefficient (Wildman–Crippen LogP) is 1.84. The van der Waals surface area contributed by atoms with Gasteiger partial charge >= 0.3 is 0 Å². The molecule has 1 aromatic heterocycles. The lowest BCUT2D eigenvalue weighted by Crippen LogP contribution is -2.24. The van der Waals surface area contributed by atoms with E-state index in [0.717, 1.165) is 5.56 Å². The zero-order chi connectivity index (χ0) is 15.5. The van der Waals surface area contributed by atoms with Gasteiger partial charge in [0.2, 0.25) is 5.91 Å². The number of benzene rings is 1. The average Bonchev–Trinajstić information content (AvgIpc) is 2.76. The molecule has 0 aliphatic heterocycles. The third-order valence-corrected chi connectivity index (χ3v) is 4.25. The third kappa shape index (κ3) is 4.42. The van der Waals surface area contributed by atoms with Crippen LogP contribution in [0.25, 0.3) is 0 Å². The van der Waals surface area contributed by atoms with Crippen molar-refractivity contribution < 1.29 is 17.7 Å². The first-order chi connectivity index (χ1) is 9.85. The van der Waals surface area contributed by atoms with Crippen LogP contribution >= 0.6 is 0 Å². The van der Waals surface area contributed by atoms with Crippen LogP contribution in [-0.4, -0.2) is 25.2 Å². The number of amides is 1. The van der Waals surface area contributed by atoms with Gasteiger partial charge in [0, 0.05) is 11.8 Å². The molecule has 0 spiro atoms. The minimum atomic E-state index is -3.59. The summed E-state index contributed by atoms with van der Waals surface area (Å²) in [4.78, 5) is 11.8. The van der Waals surface area contributed by atoms with Crippen LogP contribution in [0.5, 0.6) is 0 Å². The molecule has 0 radical (unpaired) electrons. The molecule has 1 heterocycles. The van der Waals surface area contributed by atoms with Crippen LogP contribution < -0.4 is 5.32 Å². The number of nitrogens with one attached hydrogen (secondary N) is 1. The highest BCUT2D eigenvalue weighted by Crippen LogP contribution is 2.13. The Hall–Kier alpha value is -2.15. The van der Waals surface area contributed by atoms with Crippen LogP contribution in [0.3, 0.4) is 0 Å². The Morgan fingerprint density at radius 2 is 2.00 bits per heavy atom. The van der Waals surface area contributed by atoms with Gasteiger partial charge in [0.05, 0.1) is 11.4 Å². The Labute approximate surface area is 123 Å². The maximum atomic E-state index is 12.0. The highest BCUT2D eigenvalue weighted by Gasteiger charge is 2.19. The number of para-hydroxylation sites is 1. The zero-order valence-corrected chi connectivity index (χ0v) is 12.6. The SMILES string of the molecule is Cc1cc(CS(=O)(=O)CC(=O)Nc2ccccc2C)no1. The molecular formula is C14H16N2O4S. The number of hydrogen-bond acceptors (Lipinski definition) is 5. The molecule has 0 fully saturated rings. The molecule has 0 aliphatic carbocycles. The summed E-state index contributed by atoms with van der Waals surface area (Å²) in [5, 5.41) is 6.22. The molecular weight excluding hydrogens is 292 g/mol. The lowest BCUT2D eigenvalue weighted by Gasteiger charge is -2.08. The first-order valence-corrected chi connectivity index (χ1v) is 8.16. The fourth-order valence-corrected chi connectivity index (χ4v) is 3.02. The smallest absolute Gasteiger partial charge is 0.239 e. The third-order valence-electron chi connectivity index (χ3n) is 2.81. The number of rotatable bonds is 5. The van der Waals surface area contributed by atoms with Gasteiger partial charge in [-0.05, 0) is 25.5 Å². The Morgan fingerprint density at radius 3 is 2.62 bits per heavy atom. The van der Waals surface area contributed by atoms with Gasteiger partial charge in [-0.2, -0.15) is 0 Å². The highest BCUT2D eigenvalue weighted by molar-refractivity contribution is 7.91. The molecule has 21 heavy (non-hydrogen) atoms. The van der Waals surface area contributed by atoms with E-state index in [9.17, 15) is 13.2 Å². The second kappa shape index (κ2) is 6.09. The van der Waals surface area contributed by atoms with E-state index < -0.39 is 21.5 Å². The number of nitrogens with zero attached hydrogens (tertiary/aromatic N) is 1. The maximum absolute atomic E-state index is 12.0. The Morgan fingerprint density at radius 1 is 1.29 bits per heavy atom. The standard InChI is InChI=1S/C14H16N2O4S/c1-10-5-3-4-6-13(10)15-14(17)9-21(18,19)8-12-7-11(2)20-16-12/h3-7H,8-9H2,1-2H3,(H,15,17). The minimum Gasteiger partial charge on any atom is -0.361 e. The minimum absolute atomic E-state index is 0.302. The van der Waals surface area contributed by atoms with Crippen molar-refractivity contribution in [3.05, 3.63) is 47.3 Å². The van der Waals surface area contributed by atoms with Gasteiger partial charge in [0.1, 0.15) is 11.5 Å². The van der Waals surface area contributed by atoms with Crippen molar-refractivity contribution in [1.82, 2.24) is 5.16 Å². The number of aromatic nitrogens is 1. The van der Waals surface area contributed by atoms with Crippen molar-refractivity contribution in [3.8, 4) is 0 Å². The molecule has 2 rings (SSSR count). The van der Waals surface area contributed by atoms with Gasteiger partial charge in [-0.3, -0.25) is 4.79 Å². The molecule has 0 saturated carbocycles. The van der Waals surface area contributed by atoms with Gasteiger partial charge in [-0.15, -0.1) is 0 Å². The van der Waals surface area contributed by atoms with E-state index in [1.54, 1.807) is 19.1 Å². The molecule has 1 amide bonds. The van der Waals surface area contributed by atoms with Crippen molar-refractivity contribution in [2.24, 2.45) is 0 Å². The summed E-state index contributed by atoms with van der Waals surface area (Å²) in [5.41, 5.74) is 1.78. The van der Waals surface area contributed by atoms with E-state index in [0.29, 0.717) is 17.1 Å². The van der Waals surface area contributed by atoms with Crippen LogP contribution in [0.4, 0.5) is 5.69 Å². The molecule has 1 N–H and O–H groups in total. The number of hydrogen-bond donors (Lipinski definition) is 1. The fourth-order valence-electron chi connectivity index (χ4n) is 1.86. The normalized spacial score (nSPS) is 11.3. The molecule has 7 heteroatoms. The van der Waals surface area contributed by atoms with Crippen LogP contribution in [0.15, 0.2) is 34.9 Å². The summed E-state index contributed by atoms with van der Waals surface area (Å²) in [7, 11) is -3.59. The Balaban J connectivity index is 2.00.